The van der Waals surface area contributed by atoms with Crippen LogP contribution < -0.4 is 5.32 Å². The molecule has 22 heavy (non-hydrogen) atoms. The molecular formula is C17H24N2O3. The molecule has 1 heterocycles. The van der Waals surface area contributed by atoms with E-state index < -0.39 is 5.60 Å². The highest BCUT2D eigenvalue weighted by Gasteiger charge is 2.30. The molecular weight excluding hydrogens is 280 g/mol. The van der Waals surface area contributed by atoms with Gasteiger partial charge in [-0.05, 0) is 46.2 Å². The molecule has 1 aliphatic rings. The standard InChI is InChI=1S/C17H24N2O3/c1-12-6-5-7-13(10-12)15(20)18-14-8-9-19(11-14)16(21)22-17(2,3)4/h5-7,10,14H,8-9,11H2,1-4H3,(H,18,20)/t14-/m0/s1. The number of nitrogens with zero attached hydrogens (tertiary/aromatic N) is 1. The lowest BCUT2D eigenvalue weighted by molar-refractivity contribution is 0.0290. The molecule has 1 aromatic rings. The maximum atomic E-state index is 12.2. The van der Waals surface area contributed by atoms with Gasteiger partial charge in [0.2, 0.25) is 0 Å². The number of carbonyl (C=O) groups excluding carboxylic acids is 2. The monoisotopic (exact) mass is 304 g/mol. The van der Waals surface area contributed by atoms with Gasteiger partial charge in [0.15, 0.2) is 0 Å². The molecule has 0 radical (unpaired) electrons. The second-order valence-corrected chi connectivity index (χ2v) is 6.75. The molecule has 0 aromatic heterocycles. The van der Waals surface area contributed by atoms with Crippen molar-refractivity contribution in [2.45, 2.75) is 45.8 Å². The SMILES string of the molecule is Cc1cccc(C(=O)N[C@H]2CCN(C(=O)OC(C)(C)C)C2)c1. The lowest BCUT2D eigenvalue weighted by atomic mass is 10.1. The Labute approximate surface area is 131 Å². The summed E-state index contributed by atoms with van der Waals surface area (Å²) in [6.45, 7) is 8.59. The zero-order chi connectivity index (χ0) is 16.3. The van der Waals surface area contributed by atoms with Crippen molar-refractivity contribution in [3.05, 3.63) is 35.4 Å². The van der Waals surface area contributed by atoms with E-state index >= 15 is 0 Å². The van der Waals surface area contributed by atoms with Crippen LogP contribution in [0.15, 0.2) is 24.3 Å². The fourth-order valence-electron chi connectivity index (χ4n) is 2.43. The van der Waals surface area contributed by atoms with Crippen molar-refractivity contribution in [3.8, 4) is 0 Å². The molecule has 0 unspecified atom stereocenters. The quantitative estimate of drug-likeness (QED) is 0.914. The van der Waals surface area contributed by atoms with Crippen molar-refractivity contribution >= 4 is 12.0 Å². The molecule has 1 aromatic carbocycles. The van der Waals surface area contributed by atoms with Crippen LogP contribution in [0.2, 0.25) is 0 Å². The topological polar surface area (TPSA) is 58.6 Å². The van der Waals surface area contributed by atoms with Crippen LogP contribution in [0.1, 0.15) is 43.1 Å². The van der Waals surface area contributed by atoms with Gasteiger partial charge in [0, 0.05) is 24.7 Å². The summed E-state index contributed by atoms with van der Waals surface area (Å²) in [4.78, 5) is 25.9. The van der Waals surface area contributed by atoms with Crippen molar-refractivity contribution in [1.82, 2.24) is 10.2 Å². The predicted molar refractivity (Wildman–Crippen MR) is 84.9 cm³/mol. The van der Waals surface area contributed by atoms with Gasteiger partial charge in [-0.25, -0.2) is 4.79 Å². The van der Waals surface area contributed by atoms with Crippen LogP contribution in [0.5, 0.6) is 0 Å². The molecule has 1 fully saturated rings. The molecule has 1 N–H and O–H groups in total. The minimum atomic E-state index is -0.500. The Bertz CT molecular complexity index is 563. The van der Waals surface area contributed by atoms with E-state index in [-0.39, 0.29) is 18.0 Å². The van der Waals surface area contributed by atoms with E-state index in [2.05, 4.69) is 5.32 Å². The molecule has 1 saturated heterocycles. The Morgan fingerprint density at radius 3 is 2.68 bits per heavy atom. The van der Waals surface area contributed by atoms with E-state index in [9.17, 15) is 9.59 Å². The summed E-state index contributed by atoms with van der Waals surface area (Å²) in [6.07, 6.45) is 0.427. The molecule has 120 valence electrons. The lowest BCUT2D eigenvalue weighted by Crippen LogP contribution is -2.40. The molecule has 5 nitrogen and oxygen atoms in total. The van der Waals surface area contributed by atoms with Crippen LogP contribution in [-0.2, 0) is 4.74 Å². The van der Waals surface area contributed by atoms with Crippen molar-refractivity contribution in [1.29, 1.82) is 0 Å². The van der Waals surface area contributed by atoms with Crippen LogP contribution >= 0.6 is 0 Å². The number of hydrogen-bond donors (Lipinski definition) is 1. The first-order chi connectivity index (χ1) is 10.2. The fraction of sp³-hybridized carbons (Fsp3) is 0.529. The smallest absolute Gasteiger partial charge is 0.410 e. The number of aryl methyl sites for hydroxylation is 1. The summed E-state index contributed by atoms with van der Waals surface area (Å²) in [6, 6.07) is 7.45. The number of hydrogen-bond acceptors (Lipinski definition) is 3. The van der Waals surface area contributed by atoms with Gasteiger partial charge in [0.05, 0.1) is 0 Å². The predicted octanol–water partition coefficient (Wildman–Crippen LogP) is 2.73. The van der Waals surface area contributed by atoms with Gasteiger partial charge >= 0.3 is 6.09 Å². The zero-order valence-corrected chi connectivity index (χ0v) is 13.7. The van der Waals surface area contributed by atoms with Crippen molar-refractivity contribution in [2.24, 2.45) is 0 Å². The van der Waals surface area contributed by atoms with E-state index in [0.717, 1.165) is 12.0 Å². The largest absolute Gasteiger partial charge is 0.444 e. The minimum absolute atomic E-state index is 0.0273. The van der Waals surface area contributed by atoms with E-state index in [1.165, 1.54) is 0 Å². The van der Waals surface area contributed by atoms with Crippen molar-refractivity contribution in [3.63, 3.8) is 0 Å². The highest BCUT2D eigenvalue weighted by atomic mass is 16.6. The highest BCUT2D eigenvalue weighted by molar-refractivity contribution is 5.94. The number of ether oxygens (including phenoxy) is 1. The molecule has 5 heteroatoms. The average molecular weight is 304 g/mol. The molecule has 1 aliphatic heterocycles. The summed E-state index contributed by atoms with van der Waals surface area (Å²) < 4.78 is 5.35. The van der Waals surface area contributed by atoms with Crippen LogP contribution in [0.25, 0.3) is 0 Å². The summed E-state index contributed by atoms with van der Waals surface area (Å²) >= 11 is 0. The number of likely N-dealkylation sites (tertiary alicyclic amines) is 1. The van der Waals surface area contributed by atoms with Gasteiger partial charge in [-0.1, -0.05) is 17.7 Å². The Balaban J connectivity index is 1.88. The lowest BCUT2D eigenvalue weighted by Gasteiger charge is -2.24. The minimum Gasteiger partial charge on any atom is -0.444 e. The number of amides is 2. The van der Waals surface area contributed by atoms with Gasteiger partial charge in [-0.2, -0.15) is 0 Å². The van der Waals surface area contributed by atoms with Gasteiger partial charge in [-0.15, -0.1) is 0 Å². The van der Waals surface area contributed by atoms with E-state index in [0.29, 0.717) is 18.7 Å². The Morgan fingerprint density at radius 1 is 1.32 bits per heavy atom. The van der Waals surface area contributed by atoms with E-state index in [1.54, 1.807) is 11.0 Å². The van der Waals surface area contributed by atoms with Crippen LogP contribution in [0.4, 0.5) is 4.79 Å². The fourth-order valence-corrected chi connectivity index (χ4v) is 2.43. The first-order valence-corrected chi connectivity index (χ1v) is 7.60. The zero-order valence-electron chi connectivity index (χ0n) is 13.7. The van der Waals surface area contributed by atoms with Gasteiger partial charge in [0.1, 0.15) is 5.60 Å². The molecule has 1 atom stereocenters. The number of benzene rings is 1. The number of carbonyl (C=O) groups is 2. The number of nitrogens with one attached hydrogen (secondary N) is 1. The second kappa shape index (κ2) is 6.38. The third-order valence-corrected chi connectivity index (χ3v) is 3.46. The first kappa shape index (κ1) is 16.3. The van der Waals surface area contributed by atoms with E-state index in [4.69, 9.17) is 4.74 Å². The molecule has 2 amide bonds. The van der Waals surface area contributed by atoms with Gasteiger partial charge in [0.25, 0.3) is 5.91 Å². The summed E-state index contributed by atoms with van der Waals surface area (Å²) in [5.74, 6) is -0.0975. The van der Waals surface area contributed by atoms with Crippen LogP contribution in [-0.4, -0.2) is 41.6 Å². The Hall–Kier alpha value is -2.04. The molecule has 0 spiro atoms. The highest BCUT2D eigenvalue weighted by Crippen LogP contribution is 2.16. The molecule has 0 saturated carbocycles. The molecule has 0 aliphatic carbocycles. The maximum Gasteiger partial charge on any atom is 0.410 e. The summed E-state index contributed by atoms with van der Waals surface area (Å²) in [5, 5.41) is 2.98. The normalized spacial score (nSPS) is 18.2. The second-order valence-electron chi connectivity index (χ2n) is 6.75. The third kappa shape index (κ3) is 4.48. The van der Waals surface area contributed by atoms with Crippen LogP contribution in [0, 0.1) is 6.92 Å². The average Bonchev–Trinajstić information content (AvgIpc) is 2.85. The Morgan fingerprint density at radius 2 is 2.05 bits per heavy atom. The van der Waals surface area contributed by atoms with Crippen molar-refractivity contribution < 1.29 is 14.3 Å². The first-order valence-electron chi connectivity index (χ1n) is 7.60. The van der Waals surface area contributed by atoms with E-state index in [1.807, 2.05) is 45.9 Å². The molecule has 2 rings (SSSR count). The molecule has 0 bridgehead atoms. The van der Waals surface area contributed by atoms with Crippen LogP contribution in [0.3, 0.4) is 0 Å². The maximum absolute atomic E-state index is 12.2. The number of rotatable bonds is 2. The Kier molecular flexibility index (Phi) is 4.74. The summed E-state index contributed by atoms with van der Waals surface area (Å²) in [5.41, 5.74) is 1.20. The third-order valence-electron chi connectivity index (χ3n) is 3.46. The van der Waals surface area contributed by atoms with Gasteiger partial charge < -0.3 is 15.0 Å². The van der Waals surface area contributed by atoms with Gasteiger partial charge in [-0.3, -0.25) is 4.79 Å². The summed E-state index contributed by atoms with van der Waals surface area (Å²) in [7, 11) is 0. The van der Waals surface area contributed by atoms with Crippen molar-refractivity contribution in [2.75, 3.05) is 13.1 Å².